The van der Waals surface area contributed by atoms with Crippen LogP contribution in [0.5, 0.6) is 0 Å². The molecule has 0 unspecified atom stereocenters. The van der Waals surface area contributed by atoms with Crippen molar-refractivity contribution in [2.45, 2.75) is 64.1 Å². The Morgan fingerprint density at radius 1 is 1.19 bits per heavy atom. The third-order valence-electron chi connectivity index (χ3n) is 6.35. The Balaban J connectivity index is 1.72. The number of hydrogen-bond acceptors (Lipinski definition) is 5. The van der Waals surface area contributed by atoms with Gasteiger partial charge in [0.25, 0.3) is 5.56 Å². The molecule has 0 saturated heterocycles. The average molecular weight is 445 g/mol. The standard InChI is InChI=1S/C22H32N4O4Si/c1-31(2,3)11-10-30-14-25-9-8-17-19-18(12-23-20(17)25)21(28)24-22(29)26(19)16-6-4-15(13-27)5-7-16/h8-9,12,15-16,27H,4-7,10-11,13-14H2,1-3H3,(H,24,28,29). The summed E-state index contributed by atoms with van der Waals surface area (Å²) in [5.41, 5.74) is 0.570. The van der Waals surface area contributed by atoms with Crippen LogP contribution >= 0.6 is 0 Å². The molecule has 4 rings (SSSR count). The summed E-state index contributed by atoms with van der Waals surface area (Å²) < 4.78 is 9.56. The Kier molecular flexibility index (Phi) is 6.18. The van der Waals surface area contributed by atoms with Crippen molar-refractivity contribution in [1.82, 2.24) is 19.1 Å². The predicted molar refractivity (Wildman–Crippen MR) is 124 cm³/mol. The number of nitrogens with zero attached hydrogens (tertiary/aromatic N) is 3. The molecule has 0 bridgehead atoms. The molecular weight excluding hydrogens is 412 g/mol. The number of H-pyrrole nitrogens is 1. The van der Waals surface area contributed by atoms with Crippen molar-refractivity contribution in [1.29, 1.82) is 0 Å². The molecule has 0 spiro atoms. The summed E-state index contributed by atoms with van der Waals surface area (Å²) in [5, 5.41) is 10.7. The maximum atomic E-state index is 12.9. The van der Waals surface area contributed by atoms with E-state index in [9.17, 15) is 14.7 Å². The van der Waals surface area contributed by atoms with Crippen LogP contribution in [0, 0.1) is 5.92 Å². The van der Waals surface area contributed by atoms with E-state index in [1.807, 2.05) is 16.8 Å². The molecule has 1 aliphatic carbocycles. The minimum absolute atomic E-state index is 0.00315. The summed E-state index contributed by atoms with van der Waals surface area (Å²) in [6.07, 6.45) is 6.81. The second-order valence-corrected chi connectivity index (χ2v) is 15.5. The highest BCUT2D eigenvalue weighted by Gasteiger charge is 2.25. The zero-order valence-corrected chi connectivity index (χ0v) is 19.6. The van der Waals surface area contributed by atoms with Gasteiger partial charge in [-0.2, -0.15) is 0 Å². The second kappa shape index (κ2) is 8.72. The molecule has 0 amide bonds. The molecule has 2 N–H and O–H groups in total. The van der Waals surface area contributed by atoms with Crippen LogP contribution in [0.4, 0.5) is 0 Å². The van der Waals surface area contributed by atoms with Gasteiger partial charge in [-0.1, -0.05) is 19.6 Å². The average Bonchev–Trinajstić information content (AvgIpc) is 3.14. The van der Waals surface area contributed by atoms with E-state index < -0.39 is 13.6 Å². The quantitative estimate of drug-likeness (QED) is 0.431. The van der Waals surface area contributed by atoms with E-state index in [1.54, 1.807) is 10.8 Å². The van der Waals surface area contributed by atoms with Crippen molar-refractivity contribution in [3.8, 4) is 0 Å². The highest BCUT2D eigenvalue weighted by atomic mass is 28.3. The number of hydrogen-bond donors (Lipinski definition) is 2. The largest absolute Gasteiger partial charge is 0.396 e. The van der Waals surface area contributed by atoms with Gasteiger partial charge >= 0.3 is 5.69 Å². The molecular formula is C22H32N4O4Si. The molecule has 0 atom stereocenters. The van der Waals surface area contributed by atoms with Gasteiger partial charge in [-0.15, -0.1) is 0 Å². The molecule has 3 aromatic rings. The smallest absolute Gasteiger partial charge is 0.329 e. The lowest BCUT2D eigenvalue weighted by Crippen LogP contribution is -2.35. The third-order valence-corrected chi connectivity index (χ3v) is 8.06. The number of pyridine rings is 1. The minimum Gasteiger partial charge on any atom is -0.396 e. The van der Waals surface area contributed by atoms with Crippen molar-refractivity contribution in [3.05, 3.63) is 39.3 Å². The van der Waals surface area contributed by atoms with Crippen LogP contribution in [0.25, 0.3) is 21.9 Å². The van der Waals surface area contributed by atoms with Gasteiger partial charge in [-0.3, -0.25) is 14.3 Å². The van der Waals surface area contributed by atoms with Gasteiger partial charge in [-0.25, -0.2) is 9.78 Å². The molecule has 1 saturated carbocycles. The van der Waals surface area contributed by atoms with Gasteiger partial charge in [0.1, 0.15) is 12.4 Å². The Morgan fingerprint density at radius 3 is 2.61 bits per heavy atom. The molecule has 0 radical (unpaired) electrons. The van der Waals surface area contributed by atoms with E-state index in [0.717, 1.165) is 37.1 Å². The summed E-state index contributed by atoms with van der Waals surface area (Å²) in [5.74, 6) is 0.289. The minimum atomic E-state index is -1.16. The number of fused-ring (bicyclic) bond motifs is 3. The third kappa shape index (κ3) is 4.53. The molecule has 168 valence electrons. The van der Waals surface area contributed by atoms with E-state index >= 15 is 0 Å². The van der Waals surface area contributed by atoms with E-state index in [4.69, 9.17) is 4.74 Å². The molecule has 1 aliphatic rings. The molecule has 1 fully saturated rings. The van der Waals surface area contributed by atoms with Crippen LogP contribution in [0.2, 0.25) is 25.7 Å². The van der Waals surface area contributed by atoms with Crippen LogP contribution < -0.4 is 11.2 Å². The fourth-order valence-electron chi connectivity index (χ4n) is 4.46. The van der Waals surface area contributed by atoms with Crippen molar-refractivity contribution < 1.29 is 9.84 Å². The lowest BCUT2D eigenvalue weighted by molar-refractivity contribution is 0.0899. The maximum absolute atomic E-state index is 12.9. The van der Waals surface area contributed by atoms with E-state index in [0.29, 0.717) is 29.9 Å². The van der Waals surface area contributed by atoms with Crippen LogP contribution in [0.3, 0.4) is 0 Å². The van der Waals surface area contributed by atoms with Gasteiger partial charge < -0.3 is 14.4 Å². The Labute approximate surface area is 181 Å². The van der Waals surface area contributed by atoms with Crippen molar-refractivity contribution in [2.75, 3.05) is 13.2 Å². The Bertz CT molecular complexity index is 1180. The number of aliphatic hydroxyl groups is 1. The molecule has 3 heterocycles. The monoisotopic (exact) mass is 444 g/mol. The molecule has 0 aromatic carbocycles. The van der Waals surface area contributed by atoms with Gasteiger partial charge in [0, 0.05) is 45.1 Å². The number of aromatic amines is 1. The summed E-state index contributed by atoms with van der Waals surface area (Å²) in [7, 11) is -1.16. The maximum Gasteiger partial charge on any atom is 0.329 e. The Hall–Kier alpha value is -2.23. The first-order valence-electron chi connectivity index (χ1n) is 11.1. The van der Waals surface area contributed by atoms with E-state index in [2.05, 4.69) is 29.6 Å². The number of aromatic nitrogens is 4. The SMILES string of the molecule is C[Si](C)(C)CCOCn1ccc2c1ncc1c(=O)[nH]c(=O)n(C3CCC(CO)CC3)c12. The molecule has 8 nitrogen and oxygen atoms in total. The topological polar surface area (TPSA) is 102 Å². The summed E-state index contributed by atoms with van der Waals surface area (Å²) in [6.45, 7) is 8.24. The van der Waals surface area contributed by atoms with Crippen LogP contribution in [-0.2, 0) is 11.5 Å². The van der Waals surface area contributed by atoms with Crippen molar-refractivity contribution in [2.24, 2.45) is 5.92 Å². The number of ether oxygens (including phenoxy) is 1. The fraction of sp³-hybridized carbons (Fsp3) is 0.591. The van der Waals surface area contributed by atoms with Crippen LogP contribution in [-0.4, -0.2) is 45.5 Å². The van der Waals surface area contributed by atoms with Crippen LogP contribution in [0.1, 0.15) is 31.7 Å². The number of aliphatic hydroxyl groups excluding tert-OH is 1. The molecule has 31 heavy (non-hydrogen) atoms. The van der Waals surface area contributed by atoms with Crippen LogP contribution in [0.15, 0.2) is 28.0 Å². The first kappa shape index (κ1) is 22.0. The van der Waals surface area contributed by atoms with E-state index in [-0.39, 0.29) is 24.3 Å². The zero-order chi connectivity index (χ0) is 22.2. The van der Waals surface area contributed by atoms with Gasteiger partial charge in [0.05, 0.1) is 10.9 Å². The first-order valence-corrected chi connectivity index (χ1v) is 14.8. The lowest BCUT2D eigenvalue weighted by atomic mass is 9.86. The highest BCUT2D eigenvalue weighted by Crippen LogP contribution is 2.34. The summed E-state index contributed by atoms with van der Waals surface area (Å²) >= 11 is 0. The highest BCUT2D eigenvalue weighted by molar-refractivity contribution is 6.76. The predicted octanol–water partition coefficient (Wildman–Crippen LogP) is 3.08. The Morgan fingerprint density at radius 2 is 1.94 bits per heavy atom. The lowest BCUT2D eigenvalue weighted by Gasteiger charge is -2.29. The van der Waals surface area contributed by atoms with Crippen molar-refractivity contribution >= 4 is 30.0 Å². The second-order valence-electron chi connectivity index (χ2n) is 9.88. The zero-order valence-electron chi connectivity index (χ0n) is 18.6. The molecule has 9 heteroatoms. The fourth-order valence-corrected chi connectivity index (χ4v) is 5.21. The summed E-state index contributed by atoms with van der Waals surface area (Å²) in [4.78, 5) is 32.4. The van der Waals surface area contributed by atoms with Gasteiger partial charge in [0.2, 0.25) is 0 Å². The summed E-state index contributed by atoms with van der Waals surface area (Å²) in [6, 6.07) is 3.01. The van der Waals surface area contributed by atoms with Crippen molar-refractivity contribution in [3.63, 3.8) is 0 Å². The number of nitrogens with one attached hydrogen (secondary N) is 1. The number of rotatable bonds is 7. The molecule has 3 aromatic heterocycles. The van der Waals surface area contributed by atoms with E-state index in [1.165, 1.54) is 0 Å². The van der Waals surface area contributed by atoms with Gasteiger partial charge in [0.15, 0.2) is 0 Å². The molecule has 0 aliphatic heterocycles. The van der Waals surface area contributed by atoms with Gasteiger partial charge in [-0.05, 0) is 43.7 Å². The first-order chi connectivity index (χ1) is 14.8. The normalized spacial score (nSPS) is 20.0.